The van der Waals surface area contributed by atoms with Crippen molar-refractivity contribution in [3.05, 3.63) is 63.9 Å². The molecular formula is C25H35NO6. The van der Waals surface area contributed by atoms with Gasteiger partial charge in [-0.25, -0.2) is 9.59 Å². The highest BCUT2D eigenvalue weighted by Gasteiger charge is 2.21. The summed E-state index contributed by atoms with van der Waals surface area (Å²) >= 11 is 0. The van der Waals surface area contributed by atoms with E-state index >= 15 is 0 Å². The van der Waals surface area contributed by atoms with Crippen molar-refractivity contribution in [2.75, 3.05) is 0 Å². The van der Waals surface area contributed by atoms with Crippen LogP contribution in [0.1, 0.15) is 94.2 Å². The summed E-state index contributed by atoms with van der Waals surface area (Å²) in [5.74, 6) is -0.896. The van der Waals surface area contributed by atoms with Crippen molar-refractivity contribution in [1.82, 2.24) is 5.32 Å². The molecule has 3 N–H and O–H groups in total. The van der Waals surface area contributed by atoms with Gasteiger partial charge in [-0.15, -0.1) is 0 Å². The van der Waals surface area contributed by atoms with E-state index in [0.29, 0.717) is 18.4 Å². The van der Waals surface area contributed by atoms with Gasteiger partial charge in [0.05, 0.1) is 0 Å². The number of hydrogen-bond donors (Lipinski definition) is 3. The Balaban J connectivity index is 2.72. The molecule has 7 heteroatoms. The average molecular weight is 446 g/mol. The van der Waals surface area contributed by atoms with Crippen LogP contribution in [0.3, 0.4) is 0 Å². The number of carboxylic acid groups (broad SMARTS) is 1. The van der Waals surface area contributed by atoms with Crippen molar-refractivity contribution in [2.24, 2.45) is 0 Å². The van der Waals surface area contributed by atoms with Gasteiger partial charge >= 0.3 is 11.7 Å². The van der Waals surface area contributed by atoms with Crippen molar-refractivity contribution in [3.63, 3.8) is 0 Å². The molecular weight excluding hydrogens is 410 g/mol. The quantitative estimate of drug-likeness (QED) is 0.139. The molecule has 1 amide bonds. The summed E-state index contributed by atoms with van der Waals surface area (Å²) in [5.41, 5.74) is -0.896. The van der Waals surface area contributed by atoms with E-state index in [0.717, 1.165) is 12.8 Å². The second-order valence-electron chi connectivity index (χ2n) is 7.84. The highest BCUT2D eigenvalue weighted by Crippen LogP contribution is 2.25. The fourth-order valence-corrected chi connectivity index (χ4v) is 3.10. The molecule has 1 heterocycles. The Bertz CT molecular complexity index is 894. The lowest BCUT2D eigenvalue weighted by Gasteiger charge is -2.11. The first-order valence-electron chi connectivity index (χ1n) is 11.2. The number of rotatable bonds is 14. The molecule has 32 heavy (non-hydrogen) atoms. The van der Waals surface area contributed by atoms with Gasteiger partial charge in [0, 0.05) is 18.2 Å². The fourth-order valence-electron chi connectivity index (χ4n) is 3.10. The third-order valence-corrected chi connectivity index (χ3v) is 5.07. The monoisotopic (exact) mass is 445 g/mol. The first-order chi connectivity index (χ1) is 15.3. The predicted molar refractivity (Wildman–Crippen MR) is 125 cm³/mol. The van der Waals surface area contributed by atoms with Gasteiger partial charge in [0.25, 0.3) is 0 Å². The number of amides is 1. The summed E-state index contributed by atoms with van der Waals surface area (Å²) in [6, 6.07) is 1.30. The normalized spacial score (nSPS) is 13.0. The topological polar surface area (TPSA) is 117 Å². The van der Waals surface area contributed by atoms with E-state index in [1.807, 2.05) is 13.0 Å². The van der Waals surface area contributed by atoms with Gasteiger partial charge < -0.3 is 14.6 Å². The van der Waals surface area contributed by atoms with Crippen LogP contribution < -0.4 is 10.9 Å². The molecule has 176 valence electrons. The van der Waals surface area contributed by atoms with E-state index in [9.17, 15) is 19.5 Å². The van der Waals surface area contributed by atoms with Gasteiger partial charge in [-0.2, -0.15) is 0 Å². The summed E-state index contributed by atoms with van der Waals surface area (Å²) in [4.78, 5) is 35.4. The number of carbonyl (C=O) groups is 2. The smallest absolute Gasteiger partial charge is 0.408 e. The predicted octanol–water partition coefficient (Wildman–Crippen LogP) is 6.06. The summed E-state index contributed by atoms with van der Waals surface area (Å²) in [6.45, 7) is 5.59. The highest BCUT2D eigenvalue weighted by atomic mass is 16.4. The molecule has 1 atom stereocenters. The number of ketones is 1. The zero-order valence-corrected chi connectivity index (χ0v) is 19.2. The third kappa shape index (κ3) is 9.81. The van der Waals surface area contributed by atoms with Crippen LogP contribution in [0.15, 0.2) is 51.4 Å². The number of carbonyl (C=O) groups excluding carboxylic acids is 1. The van der Waals surface area contributed by atoms with Crippen LogP contribution in [-0.4, -0.2) is 22.1 Å². The minimum Gasteiger partial charge on any atom is -0.507 e. The van der Waals surface area contributed by atoms with Crippen LogP contribution >= 0.6 is 0 Å². The summed E-state index contributed by atoms with van der Waals surface area (Å²) in [6.07, 6.45) is 15.3. The first-order valence-corrected chi connectivity index (χ1v) is 11.2. The maximum Gasteiger partial charge on any atom is 0.408 e. The zero-order chi connectivity index (χ0) is 23.9. The molecule has 0 radical (unpaired) electrons. The molecule has 0 bridgehead atoms. The van der Waals surface area contributed by atoms with Crippen LogP contribution in [0.4, 0.5) is 4.79 Å². The largest absolute Gasteiger partial charge is 0.507 e. The van der Waals surface area contributed by atoms with Crippen molar-refractivity contribution in [1.29, 1.82) is 0 Å². The number of aromatic hydroxyl groups is 1. The highest BCUT2D eigenvalue weighted by molar-refractivity contribution is 6.09. The number of hydrogen-bond acceptors (Lipinski definition) is 5. The fraction of sp³-hybridized carbons (Fsp3) is 0.480. The number of Topliss-reactive ketones (excluding diaryl/α,β-unsaturated/α-hetero) is 1. The van der Waals surface area contributed by atoms with Crippen molar-refractivity contribution in [2.45, 2.75) is 78.1 Å². The number of nitrogens with one attached hydrogen (secondary N) is 1. The molecule has 0 aliphatic carbocycles. The first kappa shape index (κ1) is 26.9. The number of unbranched alkanes of at least 4 members (excludes halogenated alkanes) is 5. The van der Waals surface area contributed by atoms with Crippen LogP contribution in [0.2, 0.25) is 0 Å². The van der Waals surface area contributed by atoms with Crippen LogP contribution in [0.5, 0.6) is 5.75 Å². The van der Waals surface area contributed by atoms with Crippen LogP contribution in [0, 0.1) is 0 Å². The SMILES string of the molecule is CCCCCCCC=CC=C(C)C(=O)c1c(O)cc(C(C)CCC=CNC(=O)O)oc1=O. The van der Waals surface area contributed by atoms with Gasteiger partial charge in [0.2, 0.25) is 0 Å². The Labute approximate surface area is 189 Å². The summed E-state index contributed by atoms with van der Waals surface area (Å²) < 4.78 is 5.29. The van der Waals surface area contributed by atoms with E-state index in [1.165, 1.54) is 37.9 Å². The van der Waals surface area contributed by atoms with E-state index in [1.54, 1.807) is 25.2 Å². The Morgan fingerprint density at radius 3 is 2.53 bits per heavy atom. The molecule has 1 rings (SSSR count). The average Bonchev–Trinajstić information content (AvgIpc) is 2.74. The second kappa shape index (κ2) is 14.8. The van der Waals surface area contributed by atoms with E-state index < -0.39 is 23.3 Å². The standard InChI is InChI=1S/C25H35NO6/c1-4-5-6-7-8-9-10-11-15-19(3)23(28)22-20(27)17-21(32-24(22)29)18(2)14-12-13-16-26-25(30)31/h10-11,13,15-18,26-27H,4-9,12,14H2,1-3H3,(H,30,31). The molecule has 0 aliphatic rings. The lowest BCUT2D eigenvalue weighted by molar-refractivity contribution is 0.102. The van der Waals surface area contributed by atoms with Crippen molar-refractivity contribution < 1.29 is 24.2 Å². The van der Waals surface area contributed by atoms with Gasteiger partial charge in [-0.3, -0.25) is 10.1 Å². The van der Waals surface area contributed by atoms with E-state index in [-0.39, 0.29) is 17.2 Å². The maximum atomic E-state index is 12.6. The van der Waals surface area contributed by atoms with Crippen molar-refractivity contribution >= 4 is 11.9 Å². The molecule has 0 saturated carbocycles. The van der Waals surface area contributed by atoms with Crippen LogP contribution in [0.25, 0.3) is 0 Å². The van der Waals surface area contributed by atoms with E-state index in [2.05, 4.69) is 12.2 Å². The molecule has 0 fully saturated rings. The van der Waals surface area contributed by atoms with E-state index in [4.69, 9.17) is 9.52 Å². The molecule has 7 nitrogen and oxygen atoms in total. The minimum atomic E-state index is -1.15. The Hall–Kier alpha value is -3.09. The Morgan fingerprint density at radius 2 is 1.88 bits per heavy atom. The molecule has 0 aliphatic heterocycles. The van der Waals surface area contributed by atoms with Gasteiger partial charge in [0.15, 0.2) is 5.78 Å². The molecule has 1 unspecified atom stereocenters. The second-order valence-corrected chi connectivity index (χ2v) is 7.84. The lowest BCUT2D eigenvalue weighted by Crippen LogP contribution is -2.16. The number of allylic oxidation sites excluding steroid dienone is 5. The van der Waals surface area contributed by atoms with Gasteiger partial charge in [-0.1, -0.05) is 63.8 Å². The van der Waals surface area contributed by atoms with Gasteiger partial charge in [-0.05, 0) is 38.2 Å². The molecule has 0 spiro atoms. The lowest BCUT2D eigenvalue weighted by atomic mass is 10.00. The third-order valence-electron chi connectivity index (χ3n) is 5.07. The van der Waals surface area contributed by atoms with Crippen molar-refractivity contribution in [3.8, 4) is 5.75 Å². The maximum absolute atomic E-state index is 12.6. The molecule has 1 aromatic heterocycles. The molecule has 1 aromatic rings. The molecule has 0 saturated heterocycles. The summed E-state index contributed by atoms with van der Waals surface area (Å²) in [5, 5.41) is 20.9. The zero-order valence-electron chi connectivity index (χ0n) is 19.2. The summed E-state index contributed by atoms with van der Waals surface area (Å²) in [7, 11) is 0. The van der Waals surface area contributed by atoms with Gasteiger partial charge in [0.1, 0.15) is 17.1 Å². The van der Waals surface area contributed by atoms with Crippen LogP contribution in [-0.2, 0) is 0 Å². The Kier molecular flexibility index (Phi) is 12.5. The molecule has 0 aromatic carbocycles. The minimum absolute atomic E-state index is 0.205. The Morgan fingerprint density at radius 1 is 1.16 bits per heavy atom.